The molecule has 8 nitrogen and oxygen atoms in total. The normalized spacial score (nSPS) is 13.5. The van der Waals surface area contributed by atoms with Crippen molar-refractivity contribution < 1.29 is 27.9 Å². The third-order valence-corrected chi connectivity index (χ3v) is 4.05. The Morgan fingerprint density at radius 3 is 2.50 bits per heavy atom. The number of aryl methyl sites for hydroxylation is 1. The molecular weight excluding hydrogens is 403 g/mol. The van der Waals surface area contributed by atoms with Gasteiger partial charge in [-0.2, -0.15) is 13.2 Å². The molecule has 0 unspecified atom stereocenters. The summed E-state index contributed by atoms with van der Waals surface area (Å²) in [5.41, 5.74) is 2.20. The monoisotopic (exact) mass is 423 g/mol. The lowest BCUT2D eigenvalue weighted by molar-refractivity contribution is -0.192. The standard InChI is InChI=1S/C17H19N5O.C2HF3O2/c1-3-7-21-8-9-22(12-14-5-4-6-18-16(14)21)17(23)15-11-19-13(2)10-20-15;3-2(4,5)1(6)7/h3-6,10-11H,1,7-9,12H2,2H3;(H,6,7). The van der Waals surface area contributed by atoms with E-state index in [4.69, 9.17) is 9.90 Å². The van der Waals surface area contributed by atoms with Gasteiger partial charge in [0.1, 0.15) is 11.5 Å². The van der Waals surface area contributed by atoms with E-state index in [1.54, 1.807) is 17.3 Å². The van der Waals surface area contributed by atoms with Gasteiger partial charge >= 0.3 is 12.1 Å². The first kappa shape index (κ1) is 22.8. The number of carbonyl (C=O) groups excluding carboxylic acids is 1. The SMILES string of the molecule is C=CCN1CCN(C(=O)c2cnc(C)cn2)Cc2cccnc21.O=C(O)C(F)(F)F. The van der Waals surface area contributed by atoms with Crippen LogP contribution in [0.4, 0.5) is 19.0 Å². The molecule has 1 aliphatic heterocycles. The minimum atomic E-state index is -5.08. The predicted octanol–water partition coefficient (Wildman–Crippen LogP) is 2.46. The highest BCUT2D eigenvalue weighted by molar-refractivity contribution is 5.92. The smallest absolute Gasteiger partial charge is 0.475 e. The molecule has 1 N–H and O–H groups in total. The molecular formula is C19H20F3N5O3. The number of pyridine rings is 1. The van der Waals surface area contributed by atoms with Gasteiger partial charge in [0.15, 0.2) is 0 Å². The second-order valence-electron chi connectivity index (χ2n) is 6.29. The molecule has 30 heavy (non-hydrogen) atoms. The number of aliphatic carboxylic acids is 1. The van der Waals surface area contributed by atoms with Crippen LogP contribution in [-0.4, -0.2) is 62.6 Å². The molecule has 3 heterocycles. The molecule has 0 radical (unpaired) electrons. The summed E-state index contributed by atoms with van der Waals surface area (Å²) in [4.78, 5) is 38.4. The summed E-state index contributed by atoms with van der Waals surface area (Å²) in [6.45, 7) is 8.19. The minimum absolute atomic E-state index is 0.104. The van der Waals surface area contributed by atoms with Gasteiger partial charge < -0.3 is 14.9 Å². The lowest BCUT2D eigenvalue weighted by atomic mass is 10.2. The Hall–Kier alpha value is -3.50. The topological polar surface area (TPSA) is 99.5 Å². The Kier molecular flexibility index (Phi) is 7.45. The van der Waals surface area contributed by atoms with E-state index in [1.807, 2.05) is 25.1 Å². The summed E-state index contributed by atoms with van der Waals surface area (Å²) in [6, 6.07) is 3.90. The third-order valence-electron chi connectivity index (χ3n) is 4.05. The van der Waals surface area contributed by atoms with Gasteiger partial charge in [-0.15, -0.1) is 6.58 Å². The van der Waals surface area contributed by atoms with Gasteiger partial charge in [0, 0.05) is 44.1 Å². The number of nitrogens with zero attached hydrogens (tertiary/aromatic N) is 5. The van der Waals surface area contributed by atoms with E-state index in [1.165, 1.54) is 6.20 Å². The Bertz CT molecular complexity index is 903. The van der Waals surface area contributed by atoms with E-state index >= 15 is 0 Å². The maximum absolute atomic E-state index is 12.7. The molecule has 0 saturated carbocycles. The largest absolute Gasteiger partial charge is 0.490 e. The fraction of sp³-hybridized carbons (Fsp3) is 0.316. The number of carboxylic acid groups (broad SMARTS) is 1. The fourth-order valence-electron chi connectivity index (χ4n) is 2.64. The number of rotatable bonds is 3. The van der Waals surface area contributed by atoms with Crippen molar-refractivity contribution in [3.05, 3.63) is 60.3 Å². The number of aromatic nitrogens is 3. The van der Waals surface area contributed by atoms with E-state index in [0.29, 0.717) is 31.9 Å². The fourth-order valence-corrected chi connectivity index (χ4v) is 2.64. The number of carbonyl (C=O) groups is 2. The first-order chi connectivity index (χ1) is 14.1. The van der Waals surface area contributed by atoms with Crippen molar-refractivity contribution in [2.45, 2.75) is 19.6 Å². The number of hydrogen-bond acceptors (Lipinski definition) is 6. The summed E-state index contributed by atoms with van der Waals surface area (Å²) in [6.07, 6.45) is 1.69. The molecule has 11 heteroatoms. The average molecular weight is 423 g/mol. The molecule has 1 amide bonds. The molecule has 160 valence electrons. The molecule has 0 saturated heterocycles. The molecule has 0 bridgehead atoms. The number of halogens is 3. The van der Waals surface area contributed by atoms with Crippen LogP contribution in [-0.2, 0) is 11.3 Å². The molecule has 0 spiro atoms. The van der Waals surface area contributed by atoms with Crippen LogP contribution in [0.15, 0.2) is 43.4 Å². The van der Waals surface area contributed by atoms with Crippen molar-refractivity contribution in [2.75, 3.05) is 24.5 Å². The van der Waals surface area contributed by atoms with Crippen molar-refractivity contribution in [1.82, 2.24) is 19.9 Å². The molecule has 1 aliphatic rings. The molecule has 0 aliphatic carbocycles. The number of hydrogen-bond donors (Lipinski definition) is 1. The van der Waals surface area contributed by atoms with Crippen LogP contribution in [0.1, 0.15) is 21.7 Å². The van der Waals surface area contributed by atoms with E-state index in [2.05, 4.69) is 26.4 Å². The summed E-state index contributed by atoms with van der Waals surface area (Å²) in [7, 11) is 0. The maximum Gasteiger partial charge on any atom is 0.490 e. The van der Waals surface area contributed by atoms with E-state index in [-0.39, 0.29) is 5.91 Å². The van der Waals surface area contributed by atoms with E-state index in [0.717, 1.165) is 17.1 Å². The zero-order chi connectivity index (χ0) is 22.3. The van der Waals surface area contributed by atoms with Crippen LogP contribution in [0.25, 0.3) is 0 Å². The second kappa shape index (κ2) is 9.81. The lowest BCUT2D eigenvalue weighted by Gasteiger charge is -2.22. The van der Waals surface area contributed by atoms with Gasteiger partial charge in [-0.3, -0.25) is 9.78 Å². The van der Waals surface area contributed by atoms with Crippen LogP contribution in [0.2, 0.25) is 0 Å². The maximum atomic E-state index is 12.7. The minimum Gasteiger partial charge on any atom is -0.475 e. The molecule has 3 rings (SSSR count). The van der Waals surface area contributed by atoms with Gasteiger partial charge in [0.2, 0.25) is 0 Å². The summed E-state index contributed by atoms with van der Waals surface area (Å²) in [5.74, 6) is -1.95. The quantitative estimate of drug-likeness (QED) is 0.757. The Balaban J connectivity index is 0.000000396. The molecule has 0 fully saturated rings. The highest BCUT2D eigenvalue weighted by Gasteiger charge is 2.38. The summed E-state index contributed by atoms with van der Waals surface area (Å²) >= 11 is 0. The third kappa shape index (κ3) is 6.00. The zero-order valence-electron chi connectivity index (χ0n) is 16.1. The number of carboxylic acids is 1. The van der Waals surface area contributed by atoms with Crippen LogP contribution in [0, 0.1) is 6.92 Å². The van der Waals surface area contributed by atoms with Crippen molar-refractivity contribution >= 4 is 17.7 Å². The highest BCUT2D eigenvalue weighted by Crippen LogP contribution is 2.23. The summed E-state index contributed by atoms with van der Waals surface area (Å²) in [5, 5.41) is 7.12. The Labute approximate surface area is 170 Å². The van der Waals surface area contributed by atoms with Crippen LogP contribution < -0.4 is 4.90 Å². The predicted molar refractivity (Wildman–Crippen MR) is 102 cm³/mol. The van der Waals surface area contributed by atoms with Gasteiger partial charge in [-0.1, -0.05) is 12.1 Å². The first-order valence-electron chi connectivity index (χ1n) is 8.81. The highest BCUT2D eigenvalue weighted by atomic mass is 19.4. The van der Waals surface area contributed by atoms with Crippen molar-refractivity contribution in [3.8, 4) is 0 Å². The van der Waals surface area contributed by atoms with Crippen LogP contribution >= 0.6 is 0 Å². The van der Waals surface area contributed by atoms with Crippen LogP contribution in [0.5, 0.6) is 0 Å². The van der Waals surface area contributed by atoms with Crippen molar-refractivity contribution in [2.24, 2.45) is 0 Å². The number of fused-ring (bicyclic) bond motifs is 1. The van der Waals surface area contributed by atoms with Crippen molar-refractivity contribution in [1.29, 1.82) is 0 Å². The first-order valence-corrected chi connectivity index (χ1v) is 8.81. The Morgan fingerprint density at radius 1 is 1.23 bits per heavy atom. The molecule has 0 atom stereocenters. The molecule has 0 aromatic carbocycles. The van der Waals surface area contributed by atoms with E-state index in [9.17, 15) is 18.0 Å². The molecule has 2 aromatic rings. The van der Waals surface area contributed by atoms with E-state index < -0.39 is 12.1 Å². The van der Waals surface area contributed by atoms with Gasteiger partial charge in [-0.05, 0) is 13.0 Å². The van der Waals surface area contributed by atoms with Gasteiger partial charge in [-0.25, -0.2) is 14.8 Å². The van der Waals surface area contributed by atoms with Gasteiger partial charge in [0.25, 0.3) is 5.91 Å². The Morgan fingerprint density at radius 2 is 1.93 bits per heavy atom. The average Bonchev–Trinajstić information content (AvgIpc) is 2.88. The number of anilines is 1. The lowest BCUT2D eigenvalue weighted by Crippen LogP contribution is -2.36. The van der Waals surface area contributed by atoms with Crippen LogP contribution in [0.3, 0.4) is 0 Å². The van der Waals surface area contributed by atoms with Crippen molar-refractivity contribution in [3.63, 3.8) is 0 Å². The second-order valence-corrected chi connectivity index (χ2v) is 6.29. The number of amides is 1. The number of alkyl halides is 3. The molecule has 2 aromatic heterocycles. The van der Waals surface area contributed by atoms with Gasteiger partial charge in [0.05, 0.1) is 11.9 Å². The summed E-state index contributed by atoms with van der Waals surface area (Å²) < 4.78 is 31.7. The zero-order valence-corrected chi connectivity index (χ0v) is 16.1.